The molecule has 0 fully saturated rings. The molecule has 0 radical (unpaired) electrons. The number of pyridine rings is 1. The summed E-state index contributed by atoms with van der Waals surface area (Å²) < 4.78 is 24.6. The molecule has 5 nitrogen and oxygen atoms in total. The monoisotopic (exact) mass is 202 g/mol. The van der Waals surface area contributed by atoms with Crippen molar-refractivity contribution >= 4 is 17.4 Å². The Hall–Kier alpha value is -1.92. The molecule has 1 heterocycles. The summed E-state index contributed by atoms with van der Waals surface area (Å²) in [5, 5.41) is 0. The summed E-state index contributed by atoms with van der Waals surface area (Å²) in [7, 11) is 0. The third kappa shape index (κ3) is 1.70. The fraction of sp³-hybridized carbons (Fsp3) is 0.143. The first-order valence-corrected chi connectivity index (χ1v) is 3.57. The summed E-state index contributed by atoms with van der Waals surface area (Å²) >= 11 is 0. The average Bonchev–Trinajstić information content (AvgIpc) is 2.01. The van der Waals surface area contributed by atoms with Crippen LogP contribution in [0.5, 0.6) is 0 Å². The molecule has 0 spiro atoms. The molecule has 14 heavy (non-hydrogen) atoms. The third-order valence-corrected chi connectivity index (χ3v) is 1.59. The van der Waals surface area contributed by atoms with Gasteiger partial charge in [0, 0.05) is 5.69 Å². The molecule has 7 heteroatoms. The van der Waals surface area contributed by atoms with E-state index in [2.05, 4.69) is 4.98 Å². The van der Waals surface area contributed by atoms with Gasteiger partial charge >= 0.3 is 0 Å². The lowest BCUT2D eigenvalue weighted by molar-refractivity contribution is 0.0995. The van der Waals surface area contributed by atoms with Gasteiger partial charge in [-0.2, -0.15) is 0 Å². The predicted octanol–water partition coefficient (Wildman–Crippen LogP) is 0.282. The Bertz CT molecular complexity index is 357. The first-order chi connectivity index (χ1) is 6.43. The zero-order valence-electron chi connectivity index (χ0n) is 7.00. The van der Waals surface area contributed by atoms with Gasteiger partial charge in [0.25, 0.3) is 12.3 Å². The number of primary amides is 1. The Morgan fingerprint density at radius 3 is 2.36 bits per heavy atom. The number of nitrogen functional groups attached to an aromatic ring is 2. The largest absolute Gasteiger partial charge is 0.398 e. The van der Waals surface area contributed by atoms with Crippen LogP contribution in [0, 0.1) is 0 Å². The molecule has 0 aliphatic heterocycles. The fourth-order valence-electron chi connectivity index (χ4n) is 0.959. The molecule has 0 aliphatic carbocycles. The maximum atomic E-state index is 12.3. The average molecular weight is 202 g/mol. The summed E-state index contributed by atoms with van der Waals surface area (Å²) in [5.74, 6) is -1.35. The molecular formula is C7H8F2N4O. The molecule has 0 saturated carbocycles. The molecule has 0 aromatic carbocycles. The molecule has 1 aromatic heterocycles. The van der Waals surface area contributed by atoms with Gasteiger partial charge in [-0.3, -0.25) is 4.79 Å². The minimum Gasteiger partial charge on any atom is -0.398 e. The summed E-state index contributed by atoms with van der Waals surface area (Å²) in [6, 6.07) is 0.972. The van der Waals surface area contributed by atoms with Gasteiger partial charge in [0.2, 0.25) is 0 Å². The third-order valence-electron chi connectivity index (χ3n) is 1.59. The second kappa shape index (κ2) is 3.44. The van der Waals surface area contributed by atoms with Crippen molar-refractivity contribution in [3.8, 4) is 0 Å². The molecular weight excluding hydrogens is 194 g/mol. The number of rotatable bonds is 2. The number of hydrogen-bond acceptors (Lipinski definition) is 4. The second-order valence-corrected chi connectivity index (χ2v) is 2.56. The van der Waals surface area contributed by atoms with Gasteiger partial charge in [-0.25, -0.2) is 13.8 Å². The van der Waals surface area contributed by atoms with Crippen molar-refractivity contribution in [3.63, 3.8) is 0 Å². The molecule has 0 aliphatic rings. The van der Waals surface area contributed by atoms with Crippen molar-refractivity contribution in [1.82, 2.24) is 4.98 Å². The zero-order valence-corrected chi connectivity index (χ0v) is 7.00. The first kappa shape index (κ1) is 10.2. The lowest BCUT2D eigenvalue weighted by Gasteiger charge is -2.08. The Kier molecular flexibility index (Phi) is 2.50. The van der Waals surface area contributed by atoms with Gasteiger partial charge in [0.15, 0.2) is 0 Å². The van der Waals surface area contributed by atoms with Crippen molar-refractivity contribution in [2.45, 2.75) is 6.43 Å². The molecule has 1 amide bonds. The van der Waals surface area contributed by atoms with E-state index in [4.69, 9.17) is 17.2 Å². The maximum absolute atomic E-state index is 12.3. The number of nitrogens with two attached hydrogens (primary N) is 3. The molecule has 0 bridgehead atoms. The van der Waals surface area contributed by atoms with Crippen molar-refractivity contribution in [2.75, 3.05) is 11.5 Å². The first-order valence-electron chi connectivity index (χ1n) is 3.57. The maximum Gasteiger partial charge on any atom is 0.269 e. The van der Waals surface area contributed by atoms with E-state index in [0.29, 0.717) is 0 Å². The smallest absolute Gasteiger partial charge is 0.269 e. The van der Waals surface area contributed by atoms with E-state index >= 15 is 0 Å². The van der Waals surface area contributed by atoms with Gasteiger partial charge in [-0.05, 0) is 6.07 Å². The van der Waals surface area contributed by atoms with E-state index in [-0.39, 0.29) is 11.4 Å². The van der Waals surface area contributed by atoms with E-state index < -0.39 is 23.7 Å². The van der Waals surface area contributed by atoms with Crippen LogP contribution in [0.15, 0.2) is 6.07 Å². The van der Waals surface area contributed by atoms with Crippen LogP contribution in [-0.4, -0.2) is 10.9 Å². The summed E-state index contributed by atoms with van der Waals surface area (Å²) in [6.07, 6.45) is -2.83. The van der Waals surface area contributed by atoms with Crippen molar-refractivity contribution in [1.29, 1.82) is 0 Å². The van der Waals surface area contributed by atoms with Gasteiger partial charge in [0.05, 0.1) is 5.56 Å². The normalized spacial score (nSPS) is 10.5. The quantitative estimate of drug-likeness (QED) is 0.640. The second-order valence-electron chi connectivity index (χ2n) is 2.56. The number of nitrogens with zero attached hydrogens (tertiary/aromatic N) is 1. The topological polar surface area (TPSA) is 108 Å². The Morgan fingerprint density at radius 1 is 1.43 bits per heavy atom. The van der Waals surface area contributed by atoms with Crippen LogP contribution in [0.2, 0.25) is 0 Å². The van der Waals surface area contributed by atoms with Gasteiger partial charge < -0.3 is 17.2 Å². The van der Waals surface area contributed by atoms with Gasteiger partial charge in [-0.1, -0.05) is 0 Å². The summed E-state index contributed by atoms with van der Waals surface area (Å²) in [4.78, 5) is 14.0. The standard InChI is InChI=1S/C7H8F2N4O/c8-5(9)4-2(10)1-3(7(12)14)13-6(4)11/h1,5H,(H2,12,14)(H4,10,11,13). The van der Waals surface area contributed by atoms with Crippen LogP contribution in [-0.2, 0) is 0 Å². The Labute approximate surface area is 77.9 Å². The van der Waals surface area contributed by atoms with Crippen LogP contribution in [0.1, 0.15) is 22.5 Å². The number of hydrogen-bond donors (Lipinski definition) is 3. The summed E-state index contributed by atoms with van der Waals surface area (Å²) in [6.45, 7) is 0. The van der Waals surface area contributed by atoms with Crippen LogP contribution >= 0.6 is 0 Å². The lowest BCUT2D eigenvalue weighted by atomic mass is 10.2. The van der Waals surface area contributed by atoms with Gasteiger partial charge in [-0.15, -0.1) is 0 Å². The minimum absolute atomic E-state index is 0.232. The van der Waals surface area contributed by atoms with E-state index in [0.717, 1.165) is 6.07 Å². The highest BCUT2D eigenvalue weighted by Gasteiger charge is 2.18. The Morgan fingerprint density at radius 2 is 2.00 bits per heavy atom. The molecule has 1 aromatic rings. The predicted molar refractivity (Wildman–Crippen MR) is 46.5 cm³/mol. The number of anilines is 2. The van der Waals surface area contributed by atoms with E-state index in [9.17, 15) is 13.6 Å². The highest BCUT2D eigenvalue weighted by Crippen LogP contribution is 2.29. The van der Waals surface area contributed by atoms with E-state index in [1.165, 1.54) is 0 Å². The highest BCUT2D eigenvalue weighted by molar-refractivity contribution is 5.92. The van der Waals surface area contributed by atoms with Crippen molar-refractivity contribution < 1.29 is 13.6 Å². The fourth-order valence-corrected chi connectivity index (χ4v) is 0.959. The van der Waals surface area contributed by atoms with E-state index in [1.54, 1.807) is 0 Å². The van der Waals surface area contributed by atoms with Crippen LogP contribution in [0.4, 0.5) is 20.3 Å². The number of alkyl halides is 2. The van der Waals surface area contributed by atoms with Crippen LogP contribution in [0.3, 0.4) is 0 Å². The molecule has 1 rings (SSSR count). The zero-order chi connectivity index (χ0) is 10.9. The highest BCUT2D eigenvalue weighted by atomic mass is 19.3. The number of halogens is 2. The van der Waals surface area contributed by atoms with Crippen LogP contribution < -0.4 is 17.2 Å². The van der Waals surface area contributed by atoms with E-state index in [1.807, 2.05) is 0 Å². The van der Waals surface area contributed by atoms with Crippen LogP contribution in [0.25, 0.3) is 0 Å². The Balaban J connectivity index is 3.32. The molecule has 76 valence electrons. The van der Waals surface area contributed by atoms with Crippen molar-refractivity contribution in [2.24, 2.45) is 5.73 Å². The minimum atomic E-state index is -2.83. The lowest BCUT2D eigenvalue weighted by Crippen LogP contribution is -2.16. The summed E-state index contributed by atoms with van der Waals surface area (Å²) in [5.41, 5.74) is 14.2. The number of amides is 1. The molecule has 0 atom stereocenters. The number of carbonyl (C=O) groups is 1. The van der Waals surface area contributed by atoms with Crippen molar-refractivity contribution in [3.05, 3.63) is 17.3 Å². The number of carbonyl (C=O) groups excluding carboxylic acids is 1. The van der Waals surface area contributed by atoms with Gasteiger partial charge in [0.1, 0.15) is 11.5 Å². The molecule has 0 unspecified atom stereocenters. The number of aromatic nitrogens is 1. The SMILES string of the molecule is NC(=O)c1cc(N)c(C(F)F)c(N)n1. The molecule has 0 saturated heterocycles. The molecule has 6 N–H and O–H groups in total.